The van der Waals surface area contributed by atoms with Crippen LogP contribution in [0, 0.1) is 5.92 Å². The first-order valence-electron chi connectivity index (χ1n) is 12.6. The van der Waals surface area contributed by atoms with Crippen LogP contribution < -0.4 is 10.2 Å². The molecular weight excluding hydrogens is 454 g/mol. The van der Waals surface area contributed by atoms with Gasteiger partial charge in [-0.05, 0) is 56.7 Å². The number of benzene rings is 2. The molecule has 8 heteroatoms. The van der Waals surface area contributed by atoms with E-state index >= 15 is 0 Å². The van der Waals surface area contributed by atoms with Gasteiger partial charge in [-0.2, -0.15) is 0 Å². The first kappa shape index (κ1) is 24.4. The average molecular weight is 488 g/mol. The van der Waals surface area contributed by atoms with E-state index in [0.717, 1.165) is 72.9 Å². The van der Waals surface area contributed by atoms with E-state index in [1.807, 2.05) is 54.6 Å². The molecule has 1 aromatic heterocycles. The van der Waals surface area contributed by atoms with Gasteiger partial charge in [-0.1, -0.05) is 30.3 Å². The highest BCUT2D eigenvalue weighted by molar-refractivity contribution is 5.93. The monoisotopic (exact) mass is 487 g/mol. The minimum atomic E-state index is -0.0267. The number of hydrogen-bond acceptors (Lipinski definition) is 7. The van der Waals surface area contributed by atoms with Gasteiger partial charge in [0, 0.05) is 41.9 Å². The van der Waals surface area contributed by atoms with Crippen LogP contribution in [0.3, 0.4) is 0 Å². The maximum absolute atomic E-state index is 12.9. The van der Waals surface area contributed by atoms with Crippen molar-refractivity contribution < 1.29 is 14.6 Å². The highest BCUT2D eigenvalue weighted by atomic mass is 16.5. The number of anilines is 2. The predicted molar refractivity (Wildman–Crippen MR) is 141 cm³/mol. The third kappa shape index (κ3) is 5.73. The minimum absolute atomic E-state index is 0.0267. The van der Waals surface area contributed by atoms with E-state index < -0.39 is 0 Å². The van der Waals surface area contributed by atoms with Crippen LogP contribution in [-0.4, -0.2) is 72.3 Å². The summed E-state index contributed by atoms with van der Waals surface area (Å²) in [6, 6.07) is 17.5. The normalized spacial score (nSPS) is 17.2. The molecule has 0 atom stereocenters. The summed E-state index contributed by atoms with van der Waals surface area (Å²) in [4.78, 5) is 27.2. The fourth-order valence-electron chi connectivity index (χ4n) is 4.75. The minimum Gasteiger partial charge on any atom is -0.392 e. The number of carbonyl (C=O) groups is 1. The number of nitrogens with zero attached hydrogens (tertiary/aromatic N) is 4. The first-order chi connectivity index (χ1) is 17.6. The number of aliphatic hydroxyl groups excluding tert-OH is 1. The van der Waals surface area contributed by atoms with Crippen molar-refractivity contribution in [3.63, 3.8) is 0 Å². The summed E-state index contributed by atoms with van der Waals surface area (Å²) in [5.74, 6) is 1.55. The van der Waals surface area contributed by atoms with Crippen molar-refractivity contribution in [2.45, 2.75) is 19.4 Å². The summed E-state index contributed by atoms with van der Waals surface area (Å²) < 4.78 is 5.53. The van der Waals surface area contributed by atoms with Crippen LogP contribution >= 0.6 is 0 Å². The maximum atomic E-state index is 12.9. The number of ether oxygens (including phenoxy) is 1. The molecule has 2 aliphatic rings. The van der Waals surface area contributed by atoms with E-state index in [4.69, 9.17) is 14.7 Å². The molecule has 5 rings (SSSR count). The summed E-state index contributed by atoms with van der Waals surface area (Å²) in [6.07, 6.45) is 1.76. The number of morpholine rings is 1. The Morgan fingerprint density at radius 3 is 2.53 bits per heavy atom. The van der Waals surface area contributed by atoms with Crippen LogP contribution in [-0.2, 0) is 16.1 Å². The van der Waals surface area contributed by atoms with E-state index in [-0.39, 0.29) is 18.4 Å². The lowest BCUT2D eigenvalue weighted by molar-refractivity contribution is -0.121. The molecule has 0 bridgehead atoms. The van der Waals surface area contributed by atoms with Crippen LogP contribution in [0.1, 0.15) is 18.4 Å². The fourth-order valence-corrected chi connectivity index (χ4v) is 4.75. The second-order valence-electron chi connectivity index (χ2n) is 9.54. The standard InChI is InChI=1S/C28H33N5O3/c1-32-10-8-21(9-11-32)28(35)29-24-7-3-6-23(17-24)27-30-25(22-5-2-4-20(16-22)19-34)18-26(31-27)33-12-14-36-15-13-33/h2-7,16-18,21,34H,8-15,19H2,1H3,(H,29,35). The Hall–Kier alpha value is -3.33. The van der Waals surface area contributed by atoms with Gasteiger partial charge in [0.15, 0.2) is 5.82 Å². The lowest BCUT2D eigenvalue weighted by Gasteiger charge is -2.28. The summed E-state index contributed by atoms with van der Waals surface area (Å²) in [5.41, 5.74) is 4.13. The molecule has 8 nitrogen and oxygen atoms in total. The molecule has 0 spiro atoms. The second kappa shape index (κ2) is 11.2. The number of nitrogens with one attached hydrogen (secondary N) is 1. The molecule has 2 N–H and O–H groups in total. The molecule has 2 aromatic carbocycles. The Balaban J connectivity index is 1.46. The van der Waals surface area contributed by atoms with E-state index in [1.54, 1.807) is 0 Å². The summed E-state index contributed by atoms with van der Waals surface area (Å²) in [5, 5.41) is 12.7. The Kier molecular flexibility index (Phi) is 7.55. The van der Waals surface area contributed by atoms with E-state index in [2.05, 4.69) is 22.2 Å². The second-order valence-corrected chi connectivity index (χ2v) is 9.54. The zero-order chi connectivity index (χ0) is 24.9. The van der Waals surface area contributed by atoms with Gasteiger partial charge in [-0.15, -0.1) is 0 Å². The average Bonchev–Trinajstić information content (AvgIpc) is 2.94. The molecule has 188 valence electrons. The smallest absolute Gasteiger partial charge is 0.227 e. The fraction of sp³-hybridized carbons (Fsp3) is 0.393. The molecule has 0 aliphatic carbocycles. The molecule has 3 aromatic rings. The summed E-state index contributed by atoms with van der Waals surface area (Å²) in [6.45, 7) is 4.71. The van der Waals surface area contributed by atoms with Crippen molar-refractivity contribution >= 4 is 17.4 Å². The first-order valence-corrected chi connectivity index (χ1v) is 12.6. The van der Waals surface area contributed by atoms with Gasteiger partial charge in [-0.3, -0.25) is 4.79 Å². The number of carbonyl (C=O) groups excluding carboxylic acids is 1. The molecule has 3 heterocycles. The number of rotatable bonds is 6. The van der Waals surface area contributed by atoms with Crippen molar-refractivity contribution in [1.29, 1.82) is 0 Å². The molecule has 0 radical (unpaired) electrons. The number of aliphatic hydroxyl groups is 1. The topological polar surface area (TPSA) is 90.8 Å². The number of aromatic nitrogens is 2. The molecule has 2 saturated heterocycles. The van der Waals surface area contributed by atoms with Gasteiger partial charge in [0.1, 0.15) is 5.82 Å². The lowest BCUT2D eigenvalue weighted by atomic mass is 9.96. The molecule has 0 saturated carbocycles. The molecular formula is C28H33N5O3. The third-order valence-corrected chi connectivity index (χ3v) is 6.93. The Morgan fingerprint density at radius 2 is 1.75 bits per heavy atom. The zero-order valence-electron chi connectivity index (χ0n) is 20.7. The highest BCUT2D eigenvalue weighted by Crippen LogP contribution is 2.29. The summed E-state index contributed by atoms with van der Waals surface area (Å²) in [7, 11) is 2.09. The van der Waals surface area contributed by atoms with Crippen molar-refractivity contribution in [2.24, 2.45) is 5.92 Å². The molecule has 2 aliphatic heterocycles. The van der Waals surface area contributed by atoms with E-state index in [0.29, 0.717) is 19.0 Å². The SMILES string of the molecule is CN1CCC(C(=O)Nc2cccc(-c3nc(-c4cccc(CO)c4)cc(N4CCOCC4)n3)c2)CC1. The quantitative estimate of drug-likeness (QED) is 0.551. The van der Waals surface area contributed by atoms with Crippen LogP contribution in [0.5, 0.6) is 0 Å². The van der Waals surface area contributed by atoms with Gasteiger partial charge >= 0.3 is 0 Å². The third-order valence-electron chi connectivity index (χ3n) is 6.93. The van der Waals surface area contributed by atoms with Crippen LogP contribution in [0.4, 0.5) is 11.5 Å². The zero-order valence-corrected chi connectivity index (χ0v) is 20.7. The Morgan fingerprint density at radius 1 is 1.00 bits per heavy atom. The molecule has 2 fully saturated rings. The maximum Gasteiger partial charge on any atom is 0.227 e. The van der Waals surface area contributed by atoms with Gasteiger partial charge in [0.05, 0.1) is 25.5 Å². The van der Waals surface area contributed by atoms with E-state index in [9.17, 15) is 9.90 Å². The van der Waals surface area contributed by atoms with Crippen molar-refractivity contribution in [1.82, 2.24) is 14.9 Å². The van der Waals surface area contributed by atoms with Gasteiger partial charge in [0.25, 0.3) is 0 Å². The summed E-state index contributed by atoms with van der Waals surface area (Å²) >= 11 is 0. The number of amides is 1. The van der Waals surface area contributed by atoms with Crippen molar-refractivity contribution in [3.8, 4) is 22.6 Å². The van der Waals surface area contributed by atoms with E-state index in [1.165, 1.54) is 0 Å². The number of hydrogen-bond donors (Lipinski definition) is 2. The molecule has 1 amide bonds. The largest absolute Gasteiger partial charge is 0.392 e. The van der Waals surface area contributed by atoms with Crippen LogP contribution in [0.25, 0.3) is 22.6 Å². The predicted octanol–water partition coefficient (Wildman–Crippen LogP) is 3.42. The van der Waals surface area contributed by atoms with Gasteiger partial charge < -0.3 is 25.0 Å². The van der Waals surface area contributed by atoms with Crippen LogP contribution in [0.2, 0.25) is 0 Å². The molecule has 36 heavy (non-hydrogen) atoms. The van der Waals surface area contributed by atoms with Gasteiger partial charge in [0.2, 0.25) is 5.91 Å². The van der Waals surface area contributed by atoms with Crippen LogP contribution in [0.15, 0.2) is 54.6 Å². The Labute approximate surface area is 211 Å². The van der Waals surface area contributed by atoms with Crippen molar-refractivity contribution in [2.75, 3.05) is 56.7 Å². The van der Waals surface area contributed by atoms with Crippen molar-refractivity contribution in [3.05, 3.63) is 60.2 Å². The molecule has 0 unspecified atom stereocenters. The number of likely N-dealkylation sites (tertiary alicyclic amines) is 1. The Bertz CT molecular complexity index is 1200. The number of piperidine rings is 1. The lowest BCUT2D eigenvalue weighted by Crippen LogP contribution is -2.36. The highest BCUT2D eigenvalue weighted by Gasteiger charge is 2.23. The van der Waals surface area contributed by atoms with Gasteiger partial charge in [-0.25, -0.2) is 9.97 Å².